The molecule has 17 heavy (non-hydrogen) atoms. The Balaban J connectivity index is 1.90. The smallest absolute Gasteiger partial charge is 0.247 e. The van der Waals surface area contributed by atoms with E-state index in [1.54, 1.807) is 16.9 Å². The molecule has 0 radical (unpaired) electrons. The lowest BCUT2D eigenvalue weighted by Crippen LogP contribution is -2.63. The Labute approximate surface area is 99.7 Å². The van der Waals surface area contributed by atoms with Gasteiger partial charge in [0.2, 0.25) is 11.8 Å². The number of nitrogens with two attached hydrogens (primary N) is 1. The fourth-order valence-electron chi connectivity index (χ4n) is 3.19. The first-order valence-corrected chi connectivity index (χ1v) is 6.03. The Bertz CT molecular complexity index is 373. The molecular formula is C11H17N3O3. The molecule has 0 aliphatic carbocycles. The molecule has 3 saturated heterocycles. The Kier molecular flexibility index (Phi) is 2.38. The first-order valence-electron chi connectivity index (χ1n) is 6.03. The zero-order valence-electron chi connectivity index (χ0n) is 9.83. The molecule has 2 N–H and O–H groups in total. The number of piperazine rings is 1. The molecular weight excluding hydrogens is 222 g/mol. The second-order valence-electron chi connectivity index (χ2n) is 5.03. The van der Waals surface area contributed by atoms with Crippen LogP contribution in [-0.2, 0) is 14.3 Å². The van der Waals surface area contributed by atoms with Gasteiger partial charge in [0.05, 0.1) is 6.10 Å². The van der Waals surface area contributed by atoms with Crippen LogP contribution in [0.4, 0.5) is 0 Å². The Hall–Kier alpha value is -1.14. The third kappa shape index (κ3) is 1.40. The molecule has 4 unspecified atom stereocenters. The van der Waals surface area contributed by atoms with E-state index >= 15 is 0 Å². The van der Waals surface area contributed by atoms with E-state index in [1.165, 1.54) is 0 Å². The summed E-state index contributed by atoms with van der Waals surface area (Å²) in [5, 5.41) is 0. The topological polar surface area (TPSA) is 75.9 Å². The number of methoxy groups -OCH3 is 1. The van der Waals surface area contributed by atoms with Crippen molar-refractivity contribution in [3.8, 4) is 0 Å². The molecule has 0 aromatic carbocycles. The number of rotatable bonds is 1. The highest BCUT2D eigenvalue weighted by molar-refractivity contribution is 5.98. The highest BCUT2D eigenvalue weighted by Gasteiger charge is 2.54. The second-order valence-corrected chi connectivity index (χ2v) is 5.03. The van der Waals surface area contributed by atoms with E-state index in [-0.39, 0.29) is 30.0 Å². The summed E-state index contributed by atoms with van der Waals surface area (Å²) in [6, 6.07) is -0.975. The molecule has 4 atom stereocenters. The van der Waals surface area contributed by atoms with Crippen molar-refractivity contribution in [3.63, 3.8) is 0 Å². The van der Waals surface area contributed by atoms with E-state index in [4.69, 9.17) is 10.5 Å². The van der Waals surface area contributed by atoms with Crippen LogP contribution >= 0.6 is 0 Å². The predicted molar refractivity (Wildman–Crippen MR) is 59.0 cm³/mol. The van der Waals surface area contributed by atoms with Gasteiger partial charge in [0.25, 0.3) is 0 Å². The van der Waals surface area contributed by atoms with Gasteiger partial charge in [-0.05, 0) is 6.42 Å². The number of hydrogen-bond donors (Lipinski definition) is 1. The third-order valence-electron chi connectivity index (χ3n) is 4.14. The van der Waals surface area contributed by atoms with Crippen molar-refractivity contribution in [3.05, 3.63) is 0 Å². The molecule has 0 spiro atoms. The second kappa shape index (κ2) is 3.68. The van der Waals surface area contributed by atoms with Crippen molar-refractivity contribution >= 4 is 11.8 Å². The summed E-state index contributed by atoms with van der Waals surface area (Å²) in [7, 11) is 1.62. The number of amides is 2. The Morgan fingerprint density at radius 1 is 1.29 bits per heavy atom. The minimum atomic E-state index is -0.436. The molecule has 3 aliphatic heterocycles. The van der Waals surface area contributed by atoms with E-state index < -0.39 is 6.04 Å². The van der Waals surface area contributed by atoms with E-state index in [0.29, 0.717) is 19.5 Å². The number of hydrogen-bond acceptors (Lipinski definition) is 4. The van der Waals surface area contributed by atoms with Crippen molar-refractivity contribution < 1.29 is 14.3 Å². The molecule has 2 amide bonds. The minimum Gasteiger partial charge on any atom is -0.380 e. The van der Waals surface area contributed by atoms with Gasteiger partial charge in [0, 0.05) is 32.7 Å². The van der Waals surface area contributed by atoms with Gasteiger partial charge in [-0.15, -0.1) is 0 Å². The van der Waals surface area contributed by atoms with Crippen LogP contribution in [0, 0.1) is 0 Å². The van der Waals surface area contributed by atoms with Crippen molar-refractivity contribution in [1.29, 1.82) is 0 Å². The van der Waals surface area contributed by atoms with Crippen LogP contribution in [0.25, 0.3) is 0 Å². The third-order valence-corrected chi connectivity index (χ3v) is 4.14. The summed E-state index contributed by atoms with van der Waals surface area (Å²) >= 11 is 0. The van der Waals surface area contributed by atoms with Crippen molar-refractivity contribution in [1.82, 2.24) is 9.80 Å². The predicted octanol–water partition coefficient (Wildman–Crippen LogP) is -1.46. The van der Waals surface area contributed by atoms with Crippen LogP contribution in [0.5, 0.6) is 0 Å². The Morgan fingerprint density at radius 3 is 2.76 bits per heavy atom. The molecule has 3 fully saturated rings. The maximum atomic E-state index is 12.3. The van der Waals surface area contributed by atoms with Crippen LogP contribution in [-0.4, -0.2) is 66.0 Å². The van der Waals surface area contributed by atoms with Gasteiger partial charge in [-0.3, -0.25) is 9.59 Å². The molecule has 3 rings (SSSR count). The van der Waals surface area contributed by atoms with Crippen LogP contribution < -0.4 is 5.73 Å². The van der Waals surface area contributed by atoms with Crippen LogP contribution in [0.2, 0.25) is 0 Å². The maximum Gasteiger partial charge on any atom is 0.247 e. The van der Waals surface area contributed by atoms with E-state index in [2.05, 4.69) is 0 Å². The zero-order valence-corrected chi connectivity index (χ0v) is 9.83. The van der Waals surface area contributed by atoms with E-state index in [9.17, 15) is 9.59 Å². The molecule has 0 aromatic heterocycles. The van der Waals surface area contributed by atoms with E-state index in [1.807, 2.05) is 0 Å². The van der Waals surface area contributed by atoms with Gasteiger partial charge in [0.15, 0.2) is 0 Å². The average Bonchev–Trinajstić information content (AvgIpc) is 2.90. The molecule has 0 bridgehead atoms. The molecule has 3 heterocycles. The lowest BCUT2D eigenvalue weighted by atomic mass is 10.0. The van der Waals surface area contributed by atoms with Gasteiger partial charge >= 0.3 is 0 Å². The van der Waals surface area contributed by atoms with Crippen molar-refractivity contribution in [2.45, 2.75) is 37.1 Å². The summed E-state index contributed by atoms with van der Waals surface area (Å²) in [6.07, 6.45) is 1.31. The molecule has 6 heteroatoms. The molecule has 94 valence electrons. The average molecular weight is 239 g/mol. The highest BCUT2D eigenvalue weighted by atomic mass is 16.5. The normalized spacial score (nSPS) is 40.8. The van der Waals surface area contributed by atoms with Crippen LogP contribution in [0.15, 0.2) is 0 Å². The van der Waals surface area contributed by atoms with Crippen LogP contribution in [0.1, 0.15) is 12.8 Å². The standard InChI is InChI=1S/C11H17N3O3/c1-17-6-4-8-10(15)13-3-2-7(12)9(13)11(16)14(8)5-6/h6-9H,2-5,12H2,1H3. The summed E-state index contributed by atoms with van der Waals surface area (Å²) in [6.45, 7) is 1.13. The lowest BCUT2D eigenvalue weighted by molar-refractivity contribution is -0.157. The van der Waals surface area contributed by atoms with Gasteiger partial charge in [0.1, 0.15) is 12.1 Å². The number of carbonyl (C=O) groups excluding carboxylic acids is 2. The monoisotopic (exact) mass is 239 g/mol. The quantitative estimate of drug-likeness (QED) is 0.607. The fraction of sp³-hybridized carbons (Fsp3) is 0.818. The van der Waals surface area contributed by atoms with Gasteiger partial charge in [-0.2, -0.15) is 0 Å². The van der Waals surface area contributed by atoms with Gasteiger partial charge in [-0.1, -0.05) is 0 Å². The Morgan fingerprint density at radius 2 is 2.06 bits per heavy atom. The summed E-state index contributed by atoms with van der Waals surface area (Å²) in [4.78, 5) is 27.9. The van der Waals surface area contributed by atoms with E-state index in [0.717, 1.165) is 6.42 Å². The van der Waals surface area contributed by atoms with Crippen molar-refractivity contribution in [2.75, 3.05) is 20.2 Å². The number of ether oxygens (including phenoxy) is 1. The first kappa shape index (κ1) is 11.0. The maximum absolute atomic E-state index is 12.3. The molecule has 0 saturated carbocycles. The first-order chi connectivity index (χ1) is 8.13. The summed E-state index contributed by atoms with van der Waals surface area (Å²) in [5.41, 5.74) is 5.92. The van der Waals surface area contributed by atoms with Gasteiger partial charge < -0.3 is 20.3 Å². The summed E-state index contributed by atoms with van der Waals surface area (Å²) in [5.74, 6) is 0.0428. The zero-order chi connectivity index (χ0) is 12.2. The van der Waals surface area contributed by atoms with Crippen molar-refractivity contribution in [2.24, 2.45) is 5.73 Å². The molecule has 3 aliphatic rings. The highest BCUT2D eigenvalue weighted by Crippen LogP contribution is 2.32. The number of fused-ring (bicyclic) bond motifs is 2. The van der Waals surface area contributed by atoms with Gasteiger partial charge in [-0.25, -0.2) is 0 Å². The molecule has 6 nitrogen and oxygen atoms in total. The number of nitrogens with zero attached hydrogens (tertiary/aromatic N) is 2. The summed E-state index contributed by atoms with van der Waals surface area (Å²) < 4.78 is 5.25. The largest absolute Gasteiger partial charge is 0.380 e. The lowest BCUT2D eigenvalue weighted by Gasteiger charge is -2.39. The fourth-order valence-corrected chi connectivity index (χ4v) is 3.19. The minimum absolute atomic E-state index is 0.000787. The van der Waals surface area contributed by atoms with Crippen LogP contribution in [0.3, 0.4) is 0 Å². The SMILES string of the molecule is COC1CC2C(=O)N3CCC(N)C3C(=O)N2C1. The number of carbonyl (C=O) groups is 2. The molecule has 0 aromatic rings.